The number of allylic oxidation sites excluding steroid dienone is 1. The lowest BCUT2D eigenvalue weighted by Gasteiger charge is -2.12. The maximum absolute atomic E-state index is 12.6. The maximum Gasteiger partial charge on any atom is 0.185 e. The van der Waals surface area contributed by atoms with E-state index in [2.05, 4.69) is 0 Å². The molecule has 0 bridgehead atoms. The molecular weight excluding hydrogens is 451 g/mol. The summed E-state index contributed by atoms with van der Waals surface area (Å²) in [4.78, 5) is 12.6. The standard InChI is InChI=1S/C25H22Cl2O5/c1-29-22-9-5-16(12-18(22)15-32-23-11-7-19(26)14-20(23)27)4-8-21(28)17-6-10-24(30-2)25(13-17)31-3/h4-14H,15H2,1-3H3/b8-4+. The van der Waals surface area contributed by atoms with Crippen LogP contribution in [-0.2, 0) is 6.61 Å². The van der Waals surface area contributed by atoms with Crippen molar-refractivity contribution >= 4 is 35.1 Å². The minimum atomic E-state index is -0.160. The summed E-state index contributed by atoms with van der Waals surface area (Å²) in [5, 5.41) is 0.958. The van der Waals surface area contributed by atoms with Gasteiger partial charge in [-0.05, 0) is 60.2 Å². The number of carbonyl (C=O) groups is 1. The van der Waals surface area contributed by atoms with Crippen LogP contribution in [0.2, 0.25) is 10.0 Å². The second kappa shape index (κ2) is 10.9. The third kappa shape index (κ3) is 5.75. The molecule has 5 nitrogen and oxygen atoms in total. The summed E-state index contributed by atoms with van der Waals surface area (Å²) in [5.41, 5.74) is 2.12. The fourth-order valence-corrected chi connectivity index (χ4v) is 3.48. The number of ether oxygens (including phenoxy) is 4. The summed E-state index contributed by atoms with van der Waals surface area (Å²) in [6.07, 6.45) is 3.24. The Bertz CT molecular complexity index is 1140. The minimum Gasteiger partial charge on any atom is -0.496 e. The van der Waals surface area contributed by atoms with Crippen molar-refractivity contribution in [3.8, 4) is 23.0 Å². The molecular formula is C25H22Cl2O5. The van der Waals surface area contributed by atoms with Gasteiger partial charge in [-0.15, -0.1) is 0 Å². The van der Waals surface area contributed by atoms with E-state index in [1.807, 2.05) is 18.2 Å². The summed E-state index contributed by atoms with van der Waals surface area (Å²) >= 11 is 12.1. The predicted molar refractivity (Wildman–Crippen MR) is 127 cm³/mol. The predicted octanol–water partition coefficient (Wildman–Crippen LogP) is 6.49. The van der Waals surface area contributed by atoms with Gasteiger partial charge in [-0.3, -0.25) is 4.79 Å². The van der Waals surface area contributed by atoms with Crippen molar-refractivity contribution in [1.82, 2.24) is 0 Å². The monoisotopic (exact) mass is 472 g/mol. The van der Waals surface area contributed by atoms with Crippen LogP contribution in [0.4, 0.5) is 0 Å². The molecule has 0 unspecified atom stereocenters. The first-order valence-corrected chi connectivity index (χ1v) is 10.4. The Labute approximate surface area is 197 Å². The Morgan fingerprint density at radius 2 is 1.50 bits per heavy atom. The highest BCUT2D eigenvalue weighted by Gasteiger charge is 2.10. The molecule has 7 heteroatoms. The van der Waals surface area contributed by atoms with Crippen molar-refractivity contribution < 1.29 is 23.7 Å². The highest BCUT2D eigenvalue weighted by atomic mass is 35.5. The van der Waals surface area contributed by atoms with E-state index in [1.165, 1.54) is 13.2 Å². The first-order chi connectivity index (χ1) is 15.4. The lowest BCUT2D eigenvalue weighted by atomic mass is 10.1. The lowest BCUT2D eigenvalue weighted by Crippen LogP contribution is -2.00. The third-order valence-corrected chi connectivity index (χ3v) is 5.21. The number of methoxy groups -OCH3 is 3. The number of halogens is 2. The summed E-state index contributed by atoms with van der Waals surface area (Å²) < 4.78 is 21.7. The number of hydrogen-bond acceptors (Lipinski definition) is 5. The van der Waals surface area contributed by atoms with Gasteiger partial charge in [0.05, 0.1) is 26.4 Å². The second-order valence-corrected chi connectivity index (χ2v) is 7.55. The van der Waals surface area contributed by atoms with Gasteiger partial charge in [0.15, 0.2) is 17.3 Å². The molecule has 3 aromatic carbocycles. The largest absolute Gasteiger partial charge is 0.496 e. The normalized spacial score (nSPS) is 10.8. The van der Waals surface area contributed by atoms with Gasteiger partial charge in [-0.2, -0.15) is 0 Å². The topological polar surface area (TPSA) is 54.0 Å². The molecule has 0 N–H and O–H groups in total. The smallest absolute Gasteiger partial charge is 0.185 e. The molecule has 3 aromatic rings. The lowest BCUT2D eigenvalue weighted by molar-refractivity contribution is 0.104. The van der Waals surface area contributed by atoms with Crippen LogP contribution in [-0.4, -0.2) is 27.1 Å². The Balaban J connectivity index is 1.77. The van der Waals surface area contributed by atoms with Gasteiger partial charge < -0.3 is 18.9 Å². The van der Waals surface area contributed by atoms with E-state index in [9.17, 15) is 4.79 Å². The van der Waals surface area contributed by atoms with Gasteiger partial charge >= 0.3 is 0 Å². The van der Waals surface area contributed by atoms with Crippen LogP contribution in [0.15, 0.2) is 60.7 Å². The van der Waals surface area contributed by atoms with Gasteiger partial charge in [0.25, 0.3) is 0 Å². The number of rotatable bonds is 9. The van der Waals surface area contributed by atoms with Crippen LogP contribution in [0.1, 0.15) is 21.5 Å². The molecule has 0 fully saturated rings. The molecule has 0 saturated heterocycles. The molecule has 0 spiro atoms. The zero-order chi connectivity index (χ0) is 23.1. The van der Waals surface area contributed by atoms with Crippen molar-refractivity contribution in [3.63, 3.8) is 0 Å². The van der Waals surface area contributed by atoms with E-state index >= 15 is 0 Å². The van der Waals surface area contributed by atoms with Crippen LogP contribution in [0.3, 0.4) is 0 Å². The molecule has 0 saturated carbocycles. The fourth-order valence-electron chi connectivity index (χ4n) is 3.02. The summed E-state index contributed by atoms with van der Waals surface area (Å²) in [7, 11) is 4.66. The first kappa shape index (κ1) is 23.5. The van der Waals surface area contributed by atoms with E-state index in [1.54, 1.807) is 56.7 Å². The van der Waals surface area contributed by atoms with E-state index in [0.717, 1.165) is 11.1 Å². The average Bonchev–Trinajstić information content (AvgIpc) is 2.81. The molecule has 0 heterocycles. The fraction of sp³-hybridized carbons (Fsp3) is 0.160. The quantitative estimate of drug-likeness (QED) is 0.263. The Morgan fingerprint density at radius 1 is 0.812 bits per heavy atom. The number of ketones is 1. The highest BCUT2D eigenvalue weighted by Crippen LogP contribution is 2.30. The van der Waals surface area contributed by atoms with Gasteiger partial charge in [0.2, 0.25) is 0 Å². The van der Waals surface area contributed by atoms with Crippen molar-refractivity contribution in [2.45, 2.75) is 6.61 Å². The van der Waals surface area contributed by atoms with Crippen LogP contribution in [0.25, 0.3) is 6.08 Å². The minimum absolute atomic E-state index is 0.160. The average molecular weight is 473 g/mol. The Morgan fingerprint density at radius 3 is 2.19 bits per heavy atom. The zero-order valence-corrected chi connectivity index (χ0v) is 19.4. The third-order valence-electron chi connectivity index (χ3n) is 4.68. The second-order valence-electron chi connectivity index (χ2n) is 6.70. The molecule has 0 aliphatic heterocycles. The van der Waals surface area contributed by atoms with Crippen LogP contribution >= 0.6 is 23.2 Å². The van der Waals surface area contributed by atoms with E-state index < -0.39 is 0 Å². The molecule has 0 atom stereocenters. The molecule has 0 aromatic heterocycles. The van der Waals surface area contributed by atoms with Gasteiger partial charge in [-0.1, -0.05) is 35.3 Å². The van der Waals surface area contributed by atoms with Gasteiger partial charge in [-0.25, -0.2) is 0 Å². The van der Waals surface area contributed by atoms with Gasteiger partial charge in [0.1, 0.15) is 18.1 Å². The van der Waals surface area contributed by atoms with Gasteiger partial charge in [0, 0.05) is 16.1 Å². The number of benzene rings is 3. The molecule has 0 radical (unpaired) electrons. The van der Waals surface area contributed by atoms with Crippen molar-refractivity contribution in [3.05, 3.63) is 87.4 Å². The maximum atomic E-state index is 12.6. The zero-order valence-electron chi connectivity index (χ0n) is 17.9. The summed E-state index contributed by atoms with van der Waals surface area (Å²) in [5.74, 6) is 2.08. The van der Waals surface area contributed by atoms with E-state index in [0.29, 0.717) is 38.6 Å². The summed E-state index contributed by atoms with van der Waals surface area (Å²) in [6, 6.07) is 15.6. The SMILES string of the molecule is COc1ccc(/C=C/C(=O)c2ccc(OC)c(OC)c2)cc1COc1ccc(Cl)cc1Cl. The van der Waals surface area contributed by atoms with E-state index in [-0.39, 0.29) is 12.4 Å². The first-order valence-electron chi connectivity index (χ1n) is 9.64. The number of hydrogen-bond donors (Lipinski definition) is 0. The highest BCUT2D eigenvalue weighted by molar-refractivity contribution is 6.35. The van der Waals surface area contributed by atoms with Crippen LogP contribution < -0.4 is 18.9 Å². The Kier molecular flexibility index (Phi) is 8.03. The summed E-state index contributed by atoms with van der Waals surface area (Å²) in [6.45, 7) is 0.232. The van der Waals surface area contributed by atoms with Crippen LogP contribution in [0, 0.1) is 0 Å². The molecule has 32 heavy (non-hydrogen) atoms. The Hall–Kier alpha value is -3.15. The van der Waals surface area contributed by atoms with Crippen molar-refractivity contribution in [1.29, 1.82) is 0 Å². The van der Waals surface area contributed by atoms with Crippen molar-refractivity contribution in [2.75, 3.05) is 21.3 Å². The van der Waals surface area contributed by atoms with Crippen molar-refractivity contribution in [2.24, 2.45) is 0 Å². The molecule has 3 rings (SSSR count). The van der Waals surface area contributed by atoms with Crippen LogP contribution in [0.5, 0.6) is 23.0 Å². The van der Waals surface area contributed by atoms with E-state index in [4.69, 9.17) is 42.1 Å². The number of carbonyl (C=O) groups excluding carboxylic acids is 1. The molecule has 0 aliphatic carbocycles. The molecule has 0 amide bonds. The molecule has 0 aliphatic rings. The molecule has 166 valence electrons.